The maximum absolute atomic E-state index is 4.53. The summed E-state index contributed by atoms with van der Waals surface area (Å²) in [6.07, 6.45) is 3.38. The molecule has 0 amide bonds. The number of para-hydroxylation sites is 2. The Morgan fingerprint density at radius 3 is 2.46 bits per heavy atom. The molecule has 0 bridgehead atoms. The minimum Gasteiger partial charge on any atom is -0.338 e. The fraction of sp³-hybridized carbons (Fsp3) is 0.100. The van der Waals surface area contributed by atoms with Crippen LogP contribution >= 0.6 is 0 Å². The second-order valence-electron chi connectivity index (χ2n) is 6.06. The van der Waals surface area contributed by atoms with Crippen molar-refractivity contribution in [2.45, 2.75) is 13.8 Å². The zero-order valence-corrected chi connectivity index (χ0v) is 14.6. The molecule has 6 nitrogen and oxygen atoms in total. The molecule has 0 saturated heterocycles. The summed E-state index contributed by atoms with van der Waals surface area (Å²) >= 11 is 0. The maximum atomic E-state index is 4.53. The van der Waals surface area contributed by atoms with Crippen LogP contribution in [0.3, 0.4) is 0 Å². The fourth-order valence-corrected chi connectivity index (χ4v) is 2.88. The third-order valence-corrected chi connectivity index (χ3v) is 4.17. The van der Waals surface area contributed by atoms with Crippen LogP contribution in [0.2, 0.25) is 0 Å². The van der Waals surface area contributed by atoms with Crippen molar-refractivity contribution in [3.05, 3.63) is 72.1 Å². The van der Waals surface area contributed by atoms with E-state index in [1.165, 1.54) is 0 Å². The quantitative estimate of drug-likeness (QED) is 0.568. The zero-order valence-electron chi connectivity index (χ0n) is 14.6. The molecule has 128 valence electrons. The van der Waals surface area contributed by atoms with Crippen LogP contribution in [0.15, 0.2) is 60.9 Å². The number of hydrogen-bond acceptors (Lipinski definition) is 6. The topological polar surface area (TPSA) is 75.6 Å². The van der Waals surface area contributed by atoms with Gasteiger partial charge in [0, 0.05) is 17.3 Å². The molecule has 6 heteroatoms. The van der Waals surface area contributed by atoms with Crippen LogP contribution in [0.25, 0.3) is 10.9 Å². The van der Waals surface area contributed by atoms with Crippen molar-refractivity contribution in [3.8, 4) is 0 Å². The Balaban J connectivity index is 1.64. The molecule has 0 saturated carbocycles. The number of benzene rings is 2. The molecule has 4 rings (SSSR count). The van der Waals surface area contributed by atoms with E-state index in [0.29, 0.717) is 11.8 Å². The van der Waals surface area contributed by atoms with E-state index in [0.717, 1.165) is 33.4 Å². The summed E-state index contributed by atoms with van der Waals surface area (Å²) in [5, 5.41) is 15.7. The first-order valence-corrected chi connectivity index (χ1v) is 8.34. The van der Waals surface area contributed by atoms with Crippen LogP contribution < -0.4 is 10.6 Å². The molecule has 0 unspecified atom stereocenters. The van der Waals surface area contributed by atoms with Crippen LogP contribution in [-0.4, -0.2) is 20.2 Å². The van der Waals surface area contributed by atoms with Crippen molar-refractivity contribution in [1.82, 2.24) is 20.2 Å². The van der Waals surface area contributed by atoms with Crippen molar-refractivity contribution in [2.24, 2.45) is 0 Å². The Kier molecular flexibility index (Phi) is 4.15. The van der Waals surface area contributed by atoms with Gasteiger partial charge >= 0.3 is 0 Å². The average Bonchev–Trinajstić information content (AvgIpc) is 2.66. The van der Waals surface area contributed by atoms with Gasteiger partial charge in [-0.05, 0) is 37.1 Å². The van der Waals surface area contributed by atoms with Gasteiger partial charge < -0.3 is 10.6 Å². The third kappa shape index (κ3) is 3.17. The van der Waals surface area contributed by atoms with Crippen molar-refractivity contribution >= 4 is 34.0 Å². The van der Waals surface area contributed by atoms with E-state index in [1.54, 1.807) is 12.4 Å². The van der Waals surface area contributed by atoms with Gasteiger partial charge in [-0.3, -0.25) is 4.98 Å². The lowest BCUT2D eigenvalue weighted by Gasteiger charge is -2.12. The lowest BCUT2D eigenvalue weighted by molar-refractivity contribution is 0.982. The molecule has 0 aliphatic carbocycles. The van der Waals surface area contributed by atoms with E-state index in [4.69, 9.17) is 0 Å². The lowest BCUT2D eigenvalue weighted by atomic mass is 10.1. The standard InChI is InChI=1S/C20H18N6/c1-13-6-3-7-14(2)18(13)24-17-12-22-26-20(25-17)23-16-10-4-8-15-9-5-11-21-19(15)16/h3-12H,1-2H3,(H2,23,24,25,26). The fourth-order valence-electron chi connectivity index (χ4n) is 2.88. The SMILES string of the molecule is Cc1cccc(C)c1Nc1cnnc(Nc2cccc3cccnc23)n1. The van der Waals surface area contributed by atoms with Crippen LogP contribution in [-0.2, 0) is 0 Å². The number of nitrogens with one attached hydrogen (secondary N) is 2. The molecular weight excluding hydrogens is 324 g/mol. The van der Waals surface area contributed by atoms with Crippen LogP contribution in [0.5, 0.6) is 0 Å². The van der Waals surface area contributed by atoms with Gasteiger partial charge in [-0.25, -0.2) is 0 Å². The number of nitrogens with zero attached hydrogens (tertiary/aromatic N) is 4. The molecule has 0 fully saturated rings. The largest absolute Gasteiger partial charge is 0.338 e. The molecule has 26 heavy (non-hydrogen) atoms. The molecule has 0 atom stereocenters. The van der Waals surface area contributed by atoms with E-state index < -0.39 is 0 Å². The van der Waals surface area contributed by atoms with Gasteiger partial charge in [0.2, 0.25) is 5.95 Å². The minimum absolute atomic E-state index is 0.416. The molecule has 0 radical (unpaired) electrons. The number of rotatable bonds is 4. The normalized spacial score (nSPS) is 10.7. The molecule has 2 aromatic heterocycles. The summed E-state index contributed by atoms with van der Waals surface area (Å²) < 4.78 is 0. The number of pyridine rings is 1. The highest BCUT2D eigenvalue weighted by molar-refractivity contribution is 5.91. The number of hydrogen-bond donors (Lipinski definition) is 2. The van der Waals surface area contributed by atoms with Gasteiger partial charge in [0.25, 0.3) is 0 Å². The van der Waals surface area contributed by atoms with E-state index in [1.807, 2.05) is 36.4 Å². The van der Waals surface area contributed by atoms with Crippen LogP contribution in [0.4, 0.5) is 23.1 Å². The number of anilines is 4. The summed E-state index contributed by atoms with van der Waals surface area (Å²) in [4.78, 5) is 8.97. The monoisotopic (exact) mass is 342 g/mol. The van der Waals surface area contributed by atoms with Gasteiger partial charge in [0.05, 0.1) is 17.4 Å². The second kappa shape index (κ2) is 6.76. The summed E-state index contributed by atoms with van der Waals surface area (Å²) in [5.74, 6) is 1.05. The Morgan fingerprint density at radius 1 is 0.846 bits per heavy atom. The van der Waals surface area contributed by atoms with Gasteiger partial charge in [0.15, 0.2) is 5.82 Å². The smallest absolute Gasteiger partial charge is 0.249 e. The van der Waals surface area contributed by atoms with Crippen LogP contribution in [0, 0.1) is 13.8 Å². The molecule has 4 aromatic rings. The Bertz CT molecular complexity index is 1050. The molecule has 0 spiro atoms. The van der Waals surface area contributed by atoms with Gasteiger partial charge in [0.1, 0.15) is 0 Å². The molecule has 0 aliphatic rings. The molecule has 2 N–H and O–H groups in total. The summed E-state index contributed by atoms with van der Waals surface area (Å²) in [6, 6.07) is 16.0. The highest BCUT2D eigenvalue weighted by Gasteiger charge is 2.07. The average molecular weight is 342 g/mol. The zero-order chi connectivity index (χ0) is 17.9. The predicted molar refractivity (Wildman–Crippen MR) is 104 cm³/mol. The van der Waals surface area contributed by atoms with Gasteiger partial charge in [-0.1, -0.05) is 36.4 Å². The summed E-state index contributed by atoms with van der Waals surface area (Å²) in [6.45, 7) is 4.12. The van der Waals surface area contributed by atoms with Crippen molar-refractivity contribution in [1.29, 1.82) is 0 Å². The number of aryl methyl sites for hydroxylation is 2. The van der Waals surface area contributed by atoms with Gasteiger partial charge in [-0.2, -0.15) is 10.1 Å². The summed E-state index contributed by atoms with van der Waals surface area (Å²) in [7, 11) is 0. The minimum atomic E-state index is 0.416. The van der Waals surface area contributed by atoms with E-state index in [2.05, 4.69) is 56.8 Å². The van der Waals surface area contributed by atoms with E-state index >= 15 is 0 Å². The highest BCUT2D eigenvalue weighted by Crippen LogP contribution is 2.25. The predicted octanol–water partition coefficient (Wildman–Crippen LogP) is 4.52. The number of aromatic nitrogens is 4. The van der Waals surface area contributed by atoms with Crippen molar-refractivity contribution in [3.63, 3.8) is 0 Å². The molecular formula is C20H18N6. The van der Waals surface area contributed by atoms with Crippen molar-refractivity contribution < 1.29 is 0 Å². The lowest BCUT2D eigenvalue weighted by Crippen LogP contribution is -2.04. The number of fused-ring (bicyclic) bond motifs is 1. The van der Waals surface area contributed by atoms with Crippen LogP contribution in [0.1, 0.15) is 11.1 Å². The second-order valence-corrected chi connectivity index (χ2v) is 6.06. The van der Waals surface area contributed by atoms with E-state index in [9.17, 15) is 0 Å². The first kappa shape index (κ1) is 16.0. The summed E-state index contributed by atoms with van der Waals surface area (Å²) in [5.41, 5.74) is 5.04. The Morgan fingerprint density at radius 2 is 1.62 bits per heavy atom. The molecule has 0 aliphatic heterocycles. The molecule has 2 heterocycles. The van der Waals surface area contributed by atoms with Crippen molar-refractivity contribution in [2.75, 3.05) is 10.6 Å². The van der Waals surface area contributed by atoms with E-state index in [-0.39, 0.29) is 0 Å². The Labute approximate surface area is 151 Å². The first-order chi connectivity index (χ1) is 12.7. The molecule has 2 aromatic carbocycles. The maximum Gasteiger partial charge on any atom is 0.249 e. The first-order valence-electron chi connectivity index (χ1n) is 8.34. The third-order valence-electron chi connectivity index (χ3n) is 4.17. The van der Waals surface area contributed by atoms with Gasteiger partial charge in [-0.15, -0.1) is 5.10 Å². The Hall–Kier alpha value is -3.54. The highest BCUT2D eigenvalue weighted by atomic mass is 15.3.